The molecule has 3 rings (SSSR count). The second-order valence-electron chi connectivity index (χ2n) is 5.77. The lowest BCUT2D eigenvalue weighted by Crippen LogP contribution is -2.14. The summed E-state index contributed by atoms with van der Waals surface area (Å²) in [6, 6.07) is 8.94. The van der Waals surface area contributed by atoms with E-state index in [0.29, 0.717) is 16.8 Å². The predicted octanol–water partition coefficient (Wildman–Crippen LogP) is 2.68. The van der Waals surface area contributed by atoms with Crippen LogP contribution < -0.4 is 11.5 Å². The molecule has 5 N–H and O–H groups in total. The number of phenolic OH excluding ortho intramolecular Hbond substituents is 1. The van der Waals surface area contributed by atoms with Gasteiger partial charge in [0.1, 0.15) is 28.6 Å². The lowest BCUT2D eigenvalue weighted by atomic mass is 10.1. The lowest BCUT2D eigenvalue weighted by Gasteiger charge is -2.12. The number of carbonyl (C=O) groups excluding carboxylic acids is 1. The van der Waals surface area contributed by atoms with Crippen molar-refractivity contribution in [1.29, 1.82) is 0 Å². The van der Waals surface area contributed by atoms with E-state index in [4.69, 9.17) is 11.5 Å². The summed E-state index contributed by atoms with van der Waals surface area (Å²) in [5.74, 6) is -1.13. The molecule has 6 nitrogen and oxygen atoms in total. The van der Waals surface area contributed by atoms with Crippen molar-refractivity contribution in [2.24, 2.45) is 5.73 Å². The number of carbonyl (C=O) groups is 1. The SMILES string of the molecule is Cc1ccc(O)c(C)c1-n1nc(-c2cccc(F)c2)c(C(N)=O)c1N. The van der Waals surface area contributed by atoms with Gasteiger partial charge in [-0.1, -0.05) is 18.2 Å². The molecule has 0 unspecified atom stereocenters. The highest BCUT2D eigenvalue weighted by atomic mass is 19.1. The fraction of sp³-hybridized carbons (Fsp3) is 0.111. The van der Waals surface area contributed by atoms with Crippen molar-refractivity contribution in [3.8, 4) is 22.7 Å². The maximum atomic E-state index is 13.6. The topological polar surface area (TPSA) is 107 Å². The fourth-order valence-corrected chi connectivity index (χ4v) is 2.83. The molecule has 1 heterocycles. The van der Waals surface area contributed by atoms with Crippen LogP contribution in [0.3, 0.4) is 0 Å². The van der Waals surface area contributed by atoms with Gasteiger partial charge in [-0.2, -0.15) is 5.10 Å². The molecule has 7 heteroatoms. The molecule has 0 saturated carbocycles. The Labute approximate surface area is 143 Å². The summed E-state index contributed by atoms with van der Waals surface area (Å²) in [7, 11) is 0. The Hall–Kier alpha value is -3.35. The van der Waals surface area contributed by atoms with Crippen molar-refractivity contribution in [2.45, 2.75) is 13.8 Å². The number of halogens is 1. The van der Waals surface area contributed by atoms with Crippen LogP contribution in [0.5, 0.6) is 5.75 Å². The smallest absolute Gasteiger partial charge is 0.254 e. The number of nitrogens with zero attached hydrogens (tertiary/aromatic N) is 2. The number of aromatic nitrogens is 2. The average molecular weight is 340 g/mol. The Morgan fingerprint density at radius 3 is 2.60 bits per heavy atom. The zero-order valence-electron chi connectivity index (χ0n) is 13.7. The molecule has 128 valence electrons. The highest BCUT2D eigenvalue weighted by Crippen LogP contribution is 2.33. The van der Waals surface area contributed by atoms with Gasteiger partial charge in [-0.15, -0.1) is 0 Å². The molecule has 0 aliphatic heterocycles. The molecular formula is C18H17FN4O2. The molecule has 3 aromatic rings. The second-order valence-corrected chi connectivity index (χ2v) is 5.77. The maximum Gasteiger partial charge on any atom is 0.254 e. The maximum absolute atomic E-state index is 13.6. The molecular weight excluding hydrogens is 323 g/mol. The number of amides is 1. The van der Waals surface area contributed by atoms with Gasteiger partial charge in [0.05, 0.1) is 5.69 Å². The summed E-state index contributed by atoms with van der Waals surface area (Å²) in [5, 5.41) is 14.4. The van der Waals surface area contributed by atoms with Gasteiger partial charge in [-0.3, -0.25) is 4.79 Å². The summed E-state index contributed by atoms with van der Waals surface area (Å²) >= 11 is 0. The van der Waals surface area contributed by atoms with Crippen molar-refractivity contribution >= 4 is 11.7 Å². The first-order chi connectivity index (χ1) is 11.8. The number of nitrogens with two attached hydrogens (primary N) is 2. The van der Waals surface area contributed by atoms with E-state index in [1.807, 2.05) is 6.92 Å². The third-order valence-corrected chi connectivity index (χ3v) is 4.08. The summed E-state index contributed by atoms with van der Waals surface area (Å²) in [6.07, 6.45) is 0. The van der Waals surface area contributed by atoms with E-state index in [9.17, 15) is 14.3 Å². The van der Waals surface area contributed by atoms with Crippen LogP contribution >= 0.6 is 0 Å². The molecule has 0 radical (unpaired) electrons. The van der Waals surface area contributed by atoms with E-state index in [0.717, 1.165) is 5.56 Å². The Morgan fingerprint density at radius 2 is 1.96 bits per heavy atom. The normalized spacial score (nSPS) is 10.8. The number of primary amides is 1. The third kappa shape index (κ3) is 2.69. The van der Waals surface area contributed by atoms with E-state index in [1.54, 1.807) is 25.1 Å². The van der Waals surface area contributed by atoms with Crippen LogP contribution in [0.15, 0.2) is 36.4 Å². The number of rotatable bonds is 3. The molecule has 0 bridgehead atoms. The minimum atomic E-state index is -0.765. The Bertz CT molecular complexity index is 995. The van der Waals surface area contributed by atoms with Gasteiger partial charge in [0.2, 0.25) is 0 Å². The standard InChI is InChI=1S/C18H17FN4O2/c1-9-6-7-13(24)10(2)16(9)23-17(20)14(18(21)25)15(22-23)11-4-3-5-12(19)8-11/h3-8,24H,20H2,1-2H3,(H2,21,25). The van der Waals surface area contributed by atoms with Crippen molar-refractivity contribution in [2.75, 3.05) is 5.73 Å². The van der Waals surface area contributed by atoms with E-state index in [-0.39, 0.29) is 22.8 Å². The molecule has 0 aliphatic rings. The molecule has 1 aromatic heterocycles. The molecule has 0 aliphatic carbocycles. The lowest BCUT2D eigenvalue weighted by molar-refractivity contribution is 0.100. The van der Waals surface area contributed by atoms with Gasteiger partial charge in [-0.05, 0) is 37.6 Å². The first kappa shape index (κ1) is 16.5. The van der Waals surface area contributed by atoms with E-state index in [1.165, 1.54) is 22.9 Å². The number of hydrogen-bond acceptors (Lipinski definition) is 4. The highest BCUT2D eigenvalue weighted by molar-refractivity contribution is 6.03. The fourth-order valence-electron chi connectivity index (χ4n) is 2.83. The van der Waals surface area contributed by atoms with Crippen molar-refractivity contribution in [3.63, 3.8) is 0 Å². The zero-order valence-corrected chi connectivity index (χ0v) is 13.7. The Kier molecular flexibility index (Phi) is 3.92. The summed E-state index contributed by atoms with van der Waals surface area (Å²) in [5.41, 5.74) is 14.1. The van der Waals surface area contributed by atoms with E-state index >= 15 is 0 Å². The molecule has 1 amide bonds. The third-order valence-electron chi connectivity index (χ3n) is 4.08. The van der Waals surface area contributed by atoms with Crippen LogP contribution in [0.1, 0.15) is 21.5 Å². The van der Waals surface area contributed by atoms with Crippen LogP contribution in [0.25, 0.3) is 16.9 Å². The molecule has 0 atom stereocenters. The number of aromatic hydroxyl groups is 1. The van der Waals surface area contributed by atoms with Gasteiger partial charge in [0.15, 0.2) is 0 Å². The minimum Gasteiger partial charge on any atom is -0.508 e. The van der Waals surface area contributed by atoms with Crippen LogP contribution in [-0.2, 0) is 0 Å². The van der Waals surface area contributed by atoms with Crippen molar-refractivity contribution < 1.29 is 14.3 Å². The first-order valence-electron chi connectivity index (χ1n) is 7.55. The number of anilines is 1. The number of benzene rings is 2. The minimum absolute atomic E-state index is 0.00717. The van der Waals surface area contributed by atoms with Crippen molar-refractivity contribution in [3.05, 3.63) is 58.9 Å². The average Bonchev–Trinajstić information content (AvgIpc) is 2.89. The zero-order chi connectivity index (χ0) is 18.3. The van der Waals surface area contributed by atoms with E-state index < -0.39 is 11.7 Å². The van der Waals surface area contributed by atoms with Gasteiger partial charge in [0.25, 0.3) is 5.91 Å². The highest BCUT2D eigenvalue weighted by Gasteiger charge is 2.24. The molecule has 2 aromatic carbocycles. The van der Waals surface area contributed by atoms with Crippen molar-refractivity contribution in [1.82, 2.24) is 9.78 Å². The van der Waals surface area contributed by atoms with Gasteiger partial charge >= 0.3 is 0 Å². The summed E-state index contributed by atoms with van der Waals surface area (Å²) in [6.45, 7) is 3.54. The summed E-state index contributed by atoms with van der Waals surface area (Å²) < 4.78 is 14.9. The molecule has 0 spiro atoms. The summed E-state index contributed by atoms with van der Waals surface area (Å²) in [4.78, 5) is 11.9. The van der Waals surface area contributed by atoms with Crippen LogP contribution in [-0.4, -0.2) is 20.8 Å². The first-order valence-corrected chi connectivity index (χ1v) is 7.55. The Balaban J connectivity index is 2.34. The molecule has 25 heavy (non-hydrogen) atoms. The van der Waals surface area contributed by atoms with Crippen LogP contribution in [0.2, 0.25) is 0 Å². The van der Waals surface area contributed by atoms with Gasteiger partial charge in [-0.25, -0.2) is 9.07 Å². The van der Waals surface area contributed by atoms with E-state index in [2.05, 4.69) is 5.10 Å². The number of phenols is 1. The molecule has 0 fully saturated rings. The van der Waals surface area contributed by atoms with Crippen LogP contribution in [0, 0.1) is 19.7 Å². The Morgan fingerprint density at radius 1 is 1.24 bits per heavy atom. The molecule has 0 saturated heterocycles. The number of nitrogen functional groups attached to an aromatic ring is 1. The quantitative estimate of drug-likeness (QED) is 0.681. The van der Waals surface area contributed by atoms with Gasteiger partial charge < -0.3 is 16.6 Å². The largest absolute Gasteiger partial charge is 0.508 e. The number of hydrogen-bond donors (Lipinski definition) is 3. The van der Waals surface area contributed by atoms with Gasteiger partial charge in [0, 0.05) is 11.1 Å². The predicted molar refractivity (Wildman–Crippen MR) is 93.0 cm³/mol. The second kappa shape index (κ2) is 5.94. The monoisotopic (exact) mass is 340 g/mol. The number of aryl methyl sites for hydroxylation is 1. The van der Waals surface area contributed by atoms with Crippen LogP contribution in [0.4, 0.5) is 10.2 Å².